The van der Waals surface area contributed by atoms with Gasteiger partial charge in [0.1, 0.15) is 5.54 Å². The summed E-state index contributed by atoms with van der Waals surface area (Å²) in [6, 6.07) is 9.85. The molecule has 2 aliphatic heterocycles. The fourth-order valence-electron chi connectivity index (χ4n) is 3.19. The van der Waals surface area contributed by atoms with Crippen LogP contribution in [0.25, 0.3) is 0 Å². The van der Waals surface area contributed by atoms with E-state index >= 15 is 0 Å². The Kier molecular flexibility index (Phi) is 5.03. The van der Waals surface area contributed by atoms with Gasteiger partial charge >= 0.3 is 0 Å². The molecule has 7 nitrogen and oxygen atoms in total. The predicted molar refractivity (Wildman–Crippen MR) is 96.0 cm³/mol. The molecule has 0 atom stereocenters. The molecule has 2 heterocycles. The van der Waals surface area contributed by atoms with Gasteiger partial charge < -0.3 is 10.2 Å². The average molecular weight is 343 g/mol. The van der Waals surface area contributed by atoms with Crippen molar-refractivity contribution in [2.45, 2.75) is 24.9 Å². The zero-order valence-corrected chi connectivity index (χ0v) is 14.8. The second kappa shape index (κ2) is 7.23. The lowest BCUT2D eigenvalue weighted by atomic mass is 9.88. The van der Waals surface area contributed by atoms with Gasteiger partial charge in [0.2, 0.25) is 11.9 Å². The molecule has 0 unspecified atom stereocenters. The Morgan fingerprint density at radius 2 is 1.96 bits per heavy atom. The van der Waals surface area contributed by atoms with Gasteiger partial charge in [0, 0.05) is 33.7 Å². The summed E-state index contributed by atoms with van der Waals surface area (Å²) < 4.78 is 0. The molecule has 2 amide bonds. The highest BCUT2D eigenvalue weighted by atomic mass is 16.2. The maximum atomic E-state index is 12.3. The van der Waals surface area contributed by atoms with Crippen LogP contribution < -0.4 is 10.6 Å². The van der Waals surface area contributed by atoms with E-state index in [9.17, 15) is 9.59 Å². The number of amides is 2. The minimum Gasteiger partial charge on any atom is -0.351 e. The number of guanidine groups is 1. The van der Waals surface area contributed by atoms with Crippen LogP contribution >= 0.6 is 0 Å². The Bertz CT molecular complexity index is 663. The van der Waals surface area contributed by atoms with E-state index in [1.54, 1.807) is 0 Å². The van der Waals surface area contributed by atoms with Crippen LogP contribution in [0, 0.1) is 0 Å². The van der Waals surface area contributed by atoms with Gasteiger partial charge in [-0.2, -0.15) is 0 Å². The Morgan fingerprint density at radius 1 is 1.28 bits per heavy atom. The molecule has 25 heavy (non-hydrogen) atoms. The summed E-state index contributed by atoms with van der Waals surface area (Å²) >= 11 is 0. The Hall–Kier alpha value is -2.41. The zero-order valence-electron chi connectivity index (χ0n) is 14.8. The number of carbonyl (C=O) groups is 2. The summed E-state index contributed by atoms with van der Waals surface area (Å²) in [4.78, 5) is 32.9. The van der Waals surface area contributed by atoms with E-state index in [0.29, 0.717) is 45.0 Å². The Labute approximate surface area is 148 Å². The summed E-state index contributed by atoms with van der Waals surface area (Å²) in [5.74, 6) is 0.608. The van der Waals surface area contributed by atoms with E-state index < -0.39 is 5.54 Å². The predicted octanol–water partition coefficient (Wildman–Crippen LogP) is 0.185. The van der Waals surface area contributed by atoms with Gasteiger partial charge in [-0.1, -0.05) is 30.3 Å². The molecule has 0 radical (unpaired) electrons. The third kappa shape index (κ3) is 3.99. The first-order valence-electron chi connectivity index (χ1n) is 8.60. The van der Waals surface area contributed by atoms with Crippen molar-refractivity contribution in [1.82, 2.24) is 20.4 Å². The number of nitrogens with zero attached hydrogens (tertiary/aromatic N) is 3. The molecule has 3 rings (SSSR count). The molecular weight excluding hydrogens is 318 g/mol. The average Bonchev–Trinajstić information content (AvgIpc) is 2.93. The van der Waals surface area contributed by atoms with E-state index in [0.717, 1.165) is 5.56 Å². The van der Waals surface area contributed by atoms with Gasteiger partial charge in [-0.05, 0) is 18.4 Å². The second-order valence-electron chi connectivity index (χ2n) is 6.85. The van der Waals surface area contributed by atoms with Crippen molar-refractivity contribution in [2.24, 2.45) is 4.99 Å². The van der Waals surface area contributed by atoms with Crippen molar-refractivity contribution >= 4 is 17.8 Å². The van der Waals surface area contributed by atoms with E-state index in [4.69, 9.17) is 0 Å². The lowest BCUT2D eigenvalue weighted by molar-refractivity contribution is -0.126. The zero-order chi connectivity index (χ0) is 17.9. The maximum absolute atomic E-state index is 12.3. The molecule has 0 aliphatic carbocycles. The molecule has 1 aromatic carbocycles. The van der Waals surface area contributed by atoms with E-state index in [1.807, 2.05) is 49.3 Å². The molecule has 1 saturated heterocycles. The van der Waals surface area contributed by atoms with Crippen LogP contribution in [0.15, 0.2) is 35.3 Å². The molecule has 0 aromatic heterocycles. The first-order valence-corrected chi connectivity index (χ1v) is 8.60. The molecule has 1 spiro atoms. The van der Waals surface area contributed by atoms with Crippen LogP contribution in [0.3, 0.4) is 0 Å². The van der Waals surface area contributed by atoms with Gasteiger partial charge in [0.05, 0.1) is 6.54 Å². The van der Waals surface area contributed by atoms with Crippen LogP contribution in [0.2, 0.25) is 0 Å². The van der Waals surface area contributed by atoms with Gasteiger partial charge in [-0.25, -0.2) is 4.99 Å². The molecule has 0 bridgehead atoms. The van der Waals surface area contributed by atoms with Gasteiger partial charge in [-0.3, -0.25) is 19.8 Å². The number of hydrogen-bond acceptors (Lipinski definition) is 5. The summed E-state index contributed by atoms with van der Waals surface area (Å²) in [6.45, 7) is 2.28. The third-order valence-electron chi connectivity index (χ3n) is 4.77. The fourth-order valence-corrected chi connectivity index (χ4v) is 3.19. The number of rotatable bonds is 4. The van der Waals surface area contributed by atoms with Gasteiger partial charge in [0.25, 0.3) is 5.91 Å². The number of hydrogen-bond donors (Lipinski definition) is 2. The molecule has 2 aliphatic rings. The first-order chi connectivity index (χ1) is 12.0. The van der Waals surface area contributed by atoms with Crippen LogP contribution in [0.4, 0.5) is 0 Å². The van der Waals surface area contributed by atoms with E-state index in [2.05, 4.69) is 20.5 Å². The lowest BCUT2D eigenvalue weighted by Gasteiger charge is -2.34. The highest BCUT2D eigenvalue weighted by Crippen LogP contribution is 2.30. The lowest BCUT2D eigenvalue weighted by Crippen LogP contribution is -2.51. The number of benzene rings is 1. The largest absolute Gasteiger partial charge is 0.351 e. The van der Waals surface area contributed by atoms with Crippen molar-refractivity contribution in [1.29, 1.82) is 0 Å². The number of aliphatic imine (C=N–C) groups is 1. The molecule has 1 fully saturated rings. The van der Waals surface area contributed by atoms with Crippen molar-refractivity contribution < 1.29 is 9.59 Å². The van der Waals surface area contributed by atoms with Crippen LogP contribution in [0.5, 0.6) is 0 Å². The van der Waals surface area contributed by atoms with Crippen molar-refractivity contribution in [3.8, 4) is 0 Å². The highest BCUT2D eigenvalue weighted by Gasteiger charge is 2.46. The van der Waals surface area contributed by atoms with Crippen molar-refractivity contribution in [2.75, 3.05) is 33.7 Å². The fraction of sp³-hybridized carbons (Fsp3) is 0.500. The topological polar surface area (TPSA) is 77.0 Å². The van der Waals surface area contributed by atoms with Crippen LogP contribution in [0.1, 0.15) is 18.4 Å². The highest BCUT2D eigenvalue weighted by molar-refractivity contribution is 6.07. The third-order valence-corrected chi connectivity index (χ3v) is 4.77. The maximum Gasteiger partial charge on any atom is 0.254 e. The number of nitrogens with one attached hydrogen (secondary N) is 2. The molecule has 1 aromatic rings. The summed E-state index contributed by atoms with van der Waals surface area (Å²) in [5, 5.41) is 5.79. The molecular formula is C18H25N5O2. The second-order valence-corrected chi connectivity index (χ2v) is 6.85. The van der Waals surface area contributed by atoms with E-state index in [-0.39, 0.29) is 11.8 Å². The quantitative estimate of drug-likeness (QED) is 0.818. The van der Waals surface area contributed by atoms with Gasteiger partial charge in [-0.15, -0.1) is 0 Å². The molecule has 134 valence electrons. The van der Waals surface area contributed by atoms with Crippen molar-refractivity contribution in [3.05, 3.63) is 35.9 Å². The monoisotopic (exact) mass is 343 g/mol. The minimum atomic E-state index is -0.656. The Morgan fingerprint density at radius 3 is 2.56 bits per heavy atom. The first kappa shape index (κ1) is 17.4. The van der Waals surface area contributed by atoms with Crippen LogP contribution in [-0.4, -0.2) is 66.8 Å². The summed E-state index contributed by atoms with van der Waals surface area (Å²) in [6.07, 6.45) is 1.28. The SMILES string of the molecule is CN(C)C1=NC2(CCN(CC(=O)NCc3ccccc3)CC2)C(=O)N1. The van der Waals surface area contributed by atoms with Crippen LogP contribution in [-0.2, 0) is 16.1 Å². The smallest absolute Gasteiger partial charge is 0.254 e. The number of piperidine rings is 1. The molecule has 7 heteroatoms. The van der Waals surface area contributed by atoms with E-state index in [1.165, 1.54) is 0 Å². The van der Waals surface area contributed by atoms with Crippen molar-refractivity contribution in [3.63, 3.8) is 0 Å². The molecule has 2 N–H and O–H groups in total. The number of likely N-dealkylation sites (tertiary alicyclic amines) is 1. The minimum absolute atomic E-state index is 0.00755. The van der Waals surface area contributed by atoms with Gasteiger partial charge in [0.15, 0.2) is 0 Å². The Balaban J connectivity index is 1.48. The number of carbonyl (C=O) groups excluding carboxylic acids is 2. The normalized spacial score (nSPS) is 19.4. The summed E-state index contributed by atoms with van der Waals surface area (Å²) in [5.41, 5.74) is 0.429. The molecule has 0 saturated carbocycles. The standard InChI is InChI=1S/C18H25N5O2/c1-22(2)17-20-16(25)18(21-17)8-10-23(11-9-18)13-15(24)19-12-14-6-4-3-5-7-14/h3-7H,8-13H2,1-2H3,(H,19,24)(H,20,21,25). The summed E-state index contributed by atoms with van der Waals surface area (Å²) in [7, 11) is 3.73.